The predicted octanol–water partition coefficient (Wildman–Crippen LogP) is 0.314. The highest BCUT2D eigenvalue weighted by Gasteiger charge is 2.19. The minimum Gasteiger partial charge on any atom is -0.393 e. The largest absolute Gasteiger partial charge is 0.393 e. The van der Waals surface area contributed by atoms with Crippen LogP contribution in [0.3, 0.4) is 0 Å². The average molecular weight is 216 g/mol. The van der Waals surface area contributed by atoms with E-state index in [1.165, 1.54) is 12.8 Å². The Hall–Kier alpha value is -0.940. The van der Waals surface area contributed by atoms with Crippen LogP contribution in [0.25, 0.3) is 0 Å². The smallest absolute Gasteiger partial charge is 0.314 e. The number of carbonyl (C=O) groups is 2. The van der Waals surface area contributed by atoms with Gasteiger partial charge < -0.3 is 16.2 Å². The first-order valence-corrected chi connectivity index (χ1v) is 5.34. The quantitative estimate of drug-likeness (QED) is 0.392. The molecule has 5 heteroatoms. The summed E-state index contributed by atoms with van der Waals surface area (Å²) >= 11 is 0. The zero-order chi connectivity index (χ0) is 11.5. The van der Waals surface area contributed by atoms with Crippen molar-refractivity contribution in [3.63, 3.8) is 0 Å². The summed E-state index contributed by atoms with van der Waals surface area (Å²) in [6.45, 7) is 1.65. The standard InChI is InChI=1S/C6H16N2.C4H4O3/c7-5-3-1-2-4-6-8;5-3-1-2-4(6)7-3/h1-8H2;1-2H2. The molecule has 4 N–H and O–H groups in total. The van der Waals surface area contributed by atoms with Crippen molar-refractivity contribution >= 4 is 11.9 Å². The van der Waals surface area contributed by atoms with E-state index >= 15 is 0 Å². The summed E-state index contributed by atoms with van der Waals surface area (Å²) in [6, 6.07) is 0. The Labute approximate surface area is 90.1 Å². The molecule has 0 aromatic rings. The number of unbranched alkanes of at least 4 members (excludes halogenated alkanes) is 3. The van der Waals surface area contributed by atoms with Crippen molar-refractivity contribution in [2.24, 2.45) is 11.5 Å². The molecule has 1 fully saturated rings. The lowest BCUT2D eigenvalue weighted by Crippen LogP contribution is -2.00. The van der Waals surface area contributed by atoms with Crippen LogP contribution in [0.2, 0.25) is 0 Å². The lowest BCUT2D eigenvalue weighted by atomic mass is 10.2. The van der Waals surface area contributed by atoms with Gasteiger partial charge in [0, 0.05) is 0 Å². The van der Waals surface area contributed by atoms with Gasteiger partial charge in [-0.3, -0.25) is 9.59 Å². The number of ether oxygens (including phenoxy) is 1. The lowest BCUT2D eigenvalue weighted by molar-refractivity contribution is -0.151. The molecule has 5 nitrogen and oxygen atoms in total. The fourth-order valence-electron chi connectivity index (χ4n) is 1.08. The monoisotopic (exact) mass is 216 g/mol. The number of nitrogens with two attached hydrogens (primary N) is 2. The van der Waals surface area contributed by atoms with Crippen LogP contribution in [-0.4, -0.2) is 25.0 Å². The first kappa shape index (κ1) is 14.1. The summed E-state index contributed by atoms with van der Waals surface area (Å²) < 4.78 is 4.08. The maximum atomic E-state index is 10.0. The van der Waals surface area contributed by atoms with Gasteiger partial charge in [-0.15, -0.1) is 0 Å². The second-order valence-corrected chi connectivity index (χ2v) is 3.34. The summed E-state index contributed by atoms with van der Waals surface area (Å²) in [5, 5.41) is 0. The second-order valence-electron chi connectivity index (χ2n) is 3.34. The zero-order valence-electron chi connectivity index (χ0n) is 9.04. The highest BCUT2D eigenvalue weighted by atomic mass is 16.6. The molecule has 15 heavy (non-hydrogen) atoms. The number of cyclic esters (lactones) is 2. The number of esters is 2. The van der Waals surface area contributed by atoms with Crippen LogP contribution in [0.5, 0.6) is 0 Å². The molecule has 0 spiro atoms. The molecular weight excluding hydrogens is 196 g/mol. The van der Waals surface area contributed by atoms with E-state index in [0.717, 1.165) is 25.9 Å². The summed E-state index contributed by atoms with van der Waals surface area (Å²) in [4.78, 5) is 20.0. The number of hydrogen-bond donors (Lipinski definition) is 2. The third-order valence-electron chi connectivity index (χ3n) is 1.92. The van der Waals surface area contributed by atoms with Gasteiger partial charge in [-0.2, -0.15) is 0 Å². The summed E-state index contributed by atoms with van der Waals surface area (Å²) in [7, 11) is 0. The van der Waals surface area contributed by atoms with E-state index in [1.54, 1.807) is 0 Å². The number of rotatable bonds is 5. The van der Waals surface area contributed by atoms with Crippen molar-refractivity contribution in [1.29, 1.82) is 0 Å². The van der Waals surface area contributed by atoms with Crippen LogP contribution in [0.4, 0.5) is 0 Å². The van der Waals surface area contributed by atoms with Crippen LogP contribution < -0.4 is 11.5 Å². The van der Waals surface area contributed by atoms with Crippen LogP contribution in [0.1, 0.15) is 38.5 Å². The van der Waals surface area contributed by atoms with Gasteiger partial charge in [0.25, 0.3) is 0 Å². The molecule has 1 rings (SSSR count). The lowest BCUT2D eigenvalue weighted by Gasteiger charge is -1.94. The van der Waals surface area contributed by atoms with Gasteiger partial charge in [0.15, 0.2) is 0 Å². The van der Waals surface area contributed by atoms with E-state index in [4.69, 9.17) is 11.5 Å². The summed E-state index contributed by atoms with van der Waals surface area (Å²) in [5.74, 6) is -0.796. The molecule has 0 aromatic heterocycles. The third-order valence-corrected chi connectivity index (χ3v) is 1.92. The normalized spacial score (nSPS) is 14.5. The Balaban J connectivity index is 0.000000262. The Morgan fingerprint density at radius 1 is 0.867 bits per heavy atom. The van der Waals surface area contributed by atoms with Crippen LogP contribution in [0, 0.1) is 0 Å². The zero-order valence-corrected chi connectivity index (χ0v) is 9.04. The number of hydrogen-bond acceptors (Lipinski definition) is 5. The second kappa shape index (κ2) is 9.61. The van der Waals surface area contributed by atoms with E-state index in [9.17, 15) is 9.59 Å². The first-order chi connectivity index (χ1) is 7.20. The molecule has 1 saturated heterocycles. The molecule has 0 radical (unpaired) electrons. The van der Waals surface area contributed by atoms with E-state index in [2.05, 4.69) is 4.74 Å². The Bertz CT molecular complexity index is 175. The van der Waals surface area contributed by atoms with Gasteiger partial charge in [0.1, 0.15) is 0 Å². The van der Waals surface area contributed by atoms with Gasteiger partial charge in [-0.1, -0.05) is 12.8 Å². The Morgan fingerprint density at radius 2 is 1.27 bits per heavy atom. The van der Waals surface area contributed by atoms with Crippen molar-refractivity contribution in [2.45, 2.75) is 38.5 Å². The van der Waals surface area contributed by atoms with Crippen molar-refractivity contribution < 1.29 is 14.3 Å². The van der Waals surface area contributed by atoms with E-state index < -0.39 is 11.9 Å². The maximum Gasteiger partial charge on any atom is 0.314 e. The maximum absolute atomic E-state index is 10.0. The summed E-state index contributed by atoms with van der Waals surface area (Å²) in [5.41, 5.74) is 10.6. The molecule has 1 heterocycles. The van der Waals surface area contributed by atoms with Crippen molar-refractivity contribution in [3.8, 4) is 0 Å². The fraction of sp³-hybridized carbons (Fsp3) is 0.800. The van der Waals surface area contributed by atoms with Gasteiger partial charge in [-0.05, 0) is 25.9 Å². The molecule has 1 aliphatic heterocycles. The van der Waals surface area contributed by atoms with Crippen LogP contribution >= 0.6 is 0 Å². The molecule has 0 atom stereocenters. The Morgan fingerprint density at radius 3 is 1.47 bits per heavy atom. The first-order valence-electron chi connectivity index (χ1n) is 5.34. The highest BCUT2D eigenvalue weighted by Crippen LogP contribution is 2.03. The van der Waals surface area contributed by atoms with Crippen molar-refractivity contribution in [2.75, 3.05) is 13.1 Å². The molecule has 0 saturated carbocycles. The van der Waals surface area contributed by atoms with E-state index in [1.807, 2.05) is 0 Å². The number of carbonyl (C=O) groups excluding carboxylic acids is 2. The molecule has 0 aromatic carbocycles. The molecule has 1 aliphatic rings. The van der Waals surface area contributed by atoms with E-state index in [0.29, 0.717) is 0 Å². The SMILES string of the molecule is NCCCCCCN.O=C1CCC(=O)O1. The molecular formula is C10H20N2O3. The topological polar surface area (TPSA) is 95.4 Å². The van der Waals surface area contributed by atoms with Crippen molar-refractivity contribution in [1.82, 2.24) is 0 Å². The van der Waals surface area contributed by atoms with Crippen LogP contribution in [0.15, 0.2) is 0 Å². The van der Waals surface area contributed by atoms with E-state index in [-0.39, 0.29) is 12.8 Å². The molecule has 0 bridgehead atoms. The third kappa shape index (κ3) is 9.37. The predicted molar refractivity (Wildman–Crippen MR) is 56.9 cm³/mol. The minimum atomic E-state index is -0.398. The molecule has 0 aliphatic carbocycles. The summed E-state index contributed by atoms with van der Waals surface area (Å²) in [6.07, 6.45) is 5.32. The minimum absolute atomic E-state index is 0.263. The average Bonchev–Trinajstić information content (AvgIpc) is 2.58. The van der Waals surface area contributed by atoms with Gasteiger partial charge in [0.2, 0.25) is 0 Å². The highest BCUT2D eigenvalue weighted by molar-refractivity contribution is 5.92. The van der Waals surface area contributed by atoms with Crippen LogP contribution in [-0.2, 0) is 14.3 Å². The molecule has 0 amide bonds. The molecule has 88 valence electrons. The Kier molecular flexibility index (Phi) is 9.01. The van der Waals surface area contributed by atoms with Gasteiger partial charge in [-0.25, -0.2) is 0 Å². The fourth-order valence-corrected chi connectivity index (χ4v) is 1.08. The van der Waals surface area contributed by atoms with Gasteiger partial charge in [0.05, 0.1) is 12.8 Å². The molecule has 0 unspecified atom stereocenters. The van der Waals surface area contributed by atoms with Gasteiger partial charge >= 0.3 is 11.9 Å². The van der Waals surface area contributed by atoms with Crippen molar-refractivity contribution in [3.05, 3.63) is 0 Å².